The summed E-state index contributed by atoms with van der Waals surface area (Å²) in [5.41, 5.74) is 0.723. The first-order valence-corrected chi connectivity index (χ1v) is 6.98. The van der Waals surface area contributed by atoms with E-state index in [0.29, 0.717) is 5.92 Å². The Hall–Kier alpha value is -1.29. The van der Waals surface area contributed by atoms with E-state index in [-0.39, 0.29) is 5.91 Å². The van der Waals surface area contributed by atoms with E-state index in [2.05, 4.69) is 10.3 Å². The van der Waals surface area contributed by atoms with E-state index < -0.39 is 0 Å². The first-order chi connectivity index (χ1) is 8.84. The van der Waals surface area contributed by atoms with Crippen molar-refractivity contribution in [1.82, 2.24) is 15.2 Å². The molecule has 98 valence electrons. The van der Waals surface area contributed by atoms with Crippen LogP contribution < -0.4 is 5.32 Å². The summed E-state index contributed by atoms with van der Waals surface area (Å²) in [7, 11) is 0. The Morgan fingerprint density at radius 1 is 1.22 bits per heavy atom. The highest BCUT2D eigenvalue weighted by molar-refractivity contribution is 5.92. The van der Waals surface area contributed by atoms with Crippen LogP contribution in [0.1, 0.15) is 29.8 Å². The third kappa shape index (κ3) is 2.29. The molecule has 0 saturated carbocycles. The molecular weight excluding hydrogens is 226 g/mol. The minimum atomic E-state index is 0.163. The summed E-state index contributed by atoms with van der Waals surface area (Å²) in [5, 5.41) is 3.41. The quantitative estimate of drug-likeness (QED) is 0.831. The second kappa shape index (κ2) is 5.14. The highest BCUT2D eigenvalue weighted by Crippen LogP contribution is 2.30. The van der Waals surface area contributed by atoms with E-state index in [0.717, 1.165) is 37.8 Å². The number of aromatic nitrogens is 1. The number of hydrogen-bond donors (Lipinski definition) is 2. The molecule has 1 amide bonds. The molecule has 18 heavy (non-hydrogen) atoms. The van der Waals surface area contributed by atoms with Gasteiger partial charge in [0.2, 0.25) is 0 Å². The third-order valence-electron chi connectivity index (χ3n) is 4.39. The van der Waals surface area contributed by atoms with Crippen molar-refractivity contribution in [1.29, 1.82) is 0 Å². The number of nitrogens with zero attached hydrogens (tertiary/aromatic N) is 1. The Balaban J connectivity index is 1.59. The normalized spacial score (nSPS) is 25.6. The van der Waals surface area contributed by atoms with Gasteiger partial charge in [-0.15, -0.1) is 0 Å². The Labute approximate surface area is 108 Å². The SMILES string of the molecule is O=C(c1ccc[nH]1)N1CCC(C2CCNCC2)C1. The molecule has 2 N–H and O–H groups in total. The zero-order valence-corrected chi connectivity index (χ0v) is 10.7. The summed E-state index contributed by atoms with van der Waals surface area (Å²) in [6.45, 7) is 4.16. The van der Waals surface area contributed by atoms with Crippen LogP contribution in [-0.4, -0.2) is 42.0 Å². The Bertz CT molecular complexity index is 395. The largest absolute Gasteiger partial charge is 0.357 e. The van der Waals surface area contributed by atoms with E-state index in [9.17, 15) is 4.79 Å². The van der Waals surface area contributed by atoms with Gasteiger partial charge in [-0.3, -0.25) is 4.79 Å². The van der Waals surface area contributed by atoms with Crippen LogP contribution in [0.5, 0.6) is 0 Å². The van der Waals surface area contributed by atoms with Crippen LogP contribution in [0.2, 0.25) is 0 Å². The topological polar surface area (TPSA) is 48.1 Å². The maximum Gasteiger partial charge on any atom is 0.270 e. The summed E-state index contributed by atoms with van der Waals surface area (Å²) in [5.74, 6) is 1.69. The van der Waals surface area contributed by atoms with E-state index >= 15 is 0 Å². The molecule has 1 aromatic rings. The third-order valence-corrected chi connectivity index (χ3v) is 4.39. The zero-order valence-electron chi connectivity index (χ0n) is 10.7. The average molecular weight is 247 g/mol. The number of carbonyl (C=O) groups is 1. The minimum Gasteiger partial charge on any atom is -0.357 e. The van der Waals surface area contributed by atoms with Crippen LogP contribution >= 0.6 is 0 Å². The van der Waals surface area contributed by atoms with Gasteiger partial charge < -0.3 is 15.2 Å². The molecule has 0 bridgehead atoms. The molecule has 3 rings (SSSR count). The maximum absolute atomic E-state index is 12.2. The van der Waals surface area contributed by atoms with Crippen LogP contribution in [0.3, 0.4) is 0 Å². The fourth-order valence-corrected chi connectivity index (χ4v) is 3.31. The van der Waals surface area contributed by atoms with E-state index in [4.69, 9.17) is 0 Å². The molecule has 2 aliphatic rings. The summed E-state index contributed by atoms with van der Waals surface area (Å²) >= 11 is 0. The molecule has 1 atom stereocenters. The number of hydrogen-bond acceptors (Lipinski definition) is 2. The summed E-state index contributed by atoms with van der Waals surface area (Å²) in [4.78, 5) is 17.2. The minimum absolute atomic E-state index is 0.163. The highest BCUT2D eigenvalue weighted by Gasteiger charge is 2.32. The van der Waals surface area contributed by atoms with Crippen molar-refractivity contribution in [2.24, 2.45) is 11.8 Å². The number of piperidine rings is 1. The molecular formula is C14H21N3O. The van der Waals surface area contributed by atoms with Crippen molar-refractivity contribution in [3.05, 3.63) is 24.0 Å². The van der Waals surface area contributed by atoms with Gasteiger partial charge in [-0.05, 0) is 56.3 Å². The van der Waals surface area contributed by atoms with Gasteiger partial charge in [0.25, 0.3) is 5.91 Å². The van der Waals surface area contributed by atoms with Crippen molar-refractivity contribution in [2.75, 3.05) is 26.2 Å². The highest BCUT2D eigenvalue weighted by atomic mass is 16.2. The van der Waals surface area contributed by atoms with Crippen LogP contribution in [0.15, 0.2) is 18.3 Å². The van der Waals surface area contributed by atoms with Crippen molar-refractivity contribution < 1.29 is 4.79 Å². The smallest absolute Gasteiger partial charge is 0.270 e. The molecule has 1 unspecified atom stereocenters. The number of rotatable bonds is 2. The molecule has 0 aliphatic carbocycles. The standard InChI is InChI=1S/C14H21N3O/c18-14(13-2-1-6-16-13)17-9-5-12(10-17)11-3-7-15-8-4-11/h1-2,6,11-12,15-16H,3-5,7-10H2. The number of aromatic amines is 1. The second-order valence-corrected chi connectivity index (χ2v) is 5.47. The van der Waals surface area contributed by atoms with Crippen LogP contribution in [0.25, 0.3) is 0 Å². The van der Waals surface area contributed by atoms with Gasteiger partial charge >= 0.3 is 0 Å². The van der Waals surface area contributed by atoms with E-state index in [1.54, 1.807) is 0 Å². The van der Waals surface area contributed by atoms with Gasteiger partial charge in [0, 0.05) is 19.3 Å². The molecule has 0 aromatic carbocycles. The van der Waals surface area contributed by atoms with Crippen LogP contribution in [0, 0.1) is 11.8 Å². The lowest BCUT2D eigenvalue weighted by atomic mass is 9.84. The molecule has 3 heterocycles. The molecule has 2 aliphatic heterocycles. The molecule has 0 radical (unpaired) electrons. The van der Waals surface area contributed by atoms with Gasteiger partial charge in [0.1, 0.15) is 5.69 Å². The Morgan fingerprint density at radius 3 is 2.78 bits per heavy atom. The molecule has 4 heteroatoms. The van der Waals surface area contributed by atoms with Gasteiger partial charge in [0.05, 0.1) is 0 Å². The predicted molar refractivity (Wildman–Crippen MR) is 70.4 cm³/mol. The molecule has 4 nitrogen and oxygen atoms in total. The number of likely N-dealkylation sites (tertiary alicyclic amines) is 1. The maximum atomic E-state index is 12.2. The Kier molecular flexibility index (Phi) is 3.37. The molecule has 0 spiro atoms. The van der Waals surface area contributed by atoms with E-state index in [1.165, 1.54) is 19.3 Å². The Morgan fingerprint density at radius 2 is 2.06 bits per heavy atom. The van der Waals surface area contributed by atoms with Crippen molar-refractivity contribution in [3.8, 4) is 0 Å². The van der Waals surface area contributed by atoms with Crippen LogP contribution in [0.4, 0.5) is 0 Å². The van der Waals surface area contributed by atoms with Gasteiger partial charge in [-0.2, -0.15) is 0 Å². The predicted octanol–water partition coefficient (Wildman–Crippen LogP) is 1.48. The lowest BCUT2D eigenvalue weighted by Gasteiger charge is -2.28. The zero-order chi connectivity index (χ0) is 12.4. The first kappa shape index (κ1) is 11.8. The number of nitrogens with one attached hydrogen (secondary N) is 2. The van der Waals surface area contributed by atoms with Gasteiger partial charge in [-0.25, -0.2) is 0 Å². The molecule has 1 aromatic heterocycles. The summed E-state index contributed by atoms with van der Waals surface area (Å²) in [6, 6.07) is 3.74. The number of H-pyrrole nitrogens is 1. The van der Waals surface area contributed by atoms with Crippen molar-refractivity contribution in [2.45, 2.75) is 19.3 Å². The monoisotopic (exact) mass is 247 g/mol. The molecule has 2 fully saturated rings. The number of amides is 1. The van der Waals surface area contributed by atoms with Crippen molar-refractivity contribution >= 4 is 5.91 Å². The van der Waals surface area contributed by atoms with Crippen molar-refractivity contribution in [3.63, 3.8) is 0 Å². The lowest BCUT2D eigenvalue weighted by molar-refractivity contribution is 0.0775. The summed E-state index contributed by atoms with van der Waals surface area (Å²) in [6.07, 6.45) is 5.54. The second-order valence-electron chi connectivity index (χ2n) is 5.47. The van der Waals surface area contributed by atoms with Gasteiger partial charge in [0.15, 0.2) is 0 Å². The fourth-order valence-electron chi connectivity index (χ4n) is 3.31. The summed E-state index contributed by atoms with van der Waals surface area (Å²) < 4.78 is 0. The van der Waals surface area contributed by atoms with Crippen LogP contribution in [-0.2, 0) is 0 Å². The average Bonchev–Trinajstić information content (AvgIpc) is 3.10. The molecule has 2 saturated heterocycles. The number of carbonyl (C=O) groups excluding carboxylic acids is 1. The first-order valence-electron chi connectivity index (χ1n) is 6.98. The lowest BCUT2D eigenvalue weighted by Crippen LogP contribution is -2.34. The van der Waals surface area contributed by atoms with E-state index in [1.807, 2.05) is 23.2 Å². The van der Waals surface area contributed by atoms with Gasteiger partial charge in [-0.1, -0.05) is 0 Å². The fraction of sp³-hybridized carbons (Fsp3) is 0.643.